The minimum Gasteiger partial charge on any atom is -0.393 e. The van der Waals surface area contributed by atoms with E-state index < -0.39 is 0 Å². The maximum absolute atomic E-state index is 9.91. The van der Waals surface area contributed by atoms with Gasteiger partial charge in [-0.3, -0.25) is 0 Å². The molecule has 1 N–H and O–H groups in total. The Kier molecular flexibility index (Phi) is 7.87. The molecule has 0 radical (unpaired) electrons. The van der Waals surface area contributed by atoms with Gasteiger partial charge in [-0.2, -0.15) is 0 Å². The first-order valence-electron chi connectivity index (χ1n) is 7.10. The van der Waals surface area contributed by atoms with Gasteiger partial charge in [-0.1, -0.05) is 51.9 Å². The molecule has 2 heteroatoms. The van der Waals surface area contributed by atoms with Gasteiger partial charge in [-0.15, -0.1) is 0 Å². The third kappa shape index (κ3) is 5.86. The summed E-state index contributed by atoms with van der Waals surface area (Å²) in [5, 5.41) is 9.91. The molecule has 0 aliphatic carbocycles. The second-order valence-electron chi connectivity index (χ2n) is 5.10. The van der Waals surface area contributed by atoms with E-state index in [2.05, 4.69) is 6.92 Å². The van der Waals surface area contributed by atoms with Crippen LogP contribution >= 0.6 is 0 Å². The molecule has 1 fully saturated rings. The summed E-state index contributed by atoms with van der Waals surface area (Å²) in [6.45, 7) is 3.87. The molecule has 96 valence electrons. The second-order valence-corrected chi connectivity index (χ2v) is 5.10. The van der Waals surface area contributed by atoms with Crippen molar-refractivity contribution in [3.8, 4) is 0 Å². The molecule has 0 amide bonds. The average molecular weight is 228 g/mol. The summed E-state index contributed by atoms with van der Waals surface area (Å²) in [7, 11) is 0. The van der Waals surface area contributed by atoms with Crippen LogP contribution in [0, 0.1) is 5.92 Å². The van der Waals surface area contributed by atoms with Crippen molar-refractivity contribution >= 4 is 0 Å². The SMILES string of the molecule is CCCCCCCCCC(O)C1CCOC1. The van der Waals surface area contributed by atoms with Crippen LogP contribution in [0.1, 0.15) is 64.7 Å². The first-order valence-corrected chi connectivity index (χ1v) is 7.10. The number of unbranched alkanes of at least 4 members (excludes halogenated alkanes) is 6. The summed E-state index contributed by atoms with van der Waals surface area (Å²) < 4.78 is 5.29. The van der Waals surface area contributed by atoms with Gasteiger partial charge in [0.2, 0.25) is 0 Å². The number of ether oxygens (including phenoxy) is 1. The third-order valence-electron chi connectivity index (χ3n) is 3.61. The molecule has 0 aromatic rings. The molecule has 2 atom stereocenters. The van der Waals surface area contributed by atoms with Gasteiger partial charge < -0.3 is 9.84 Å². The minimum absolute atomic E-state index is 0.113. The van der Waals surface area contributed by atoms with E-state index in [9.17, 15) is 5.11 Å². The molecule has 1 saturated heterocycles. The predicted molar refractivity (Wildman–Crippen MR) is 67.5 cm³/mol. The van der Waals surface area contributed by atoms with Gasteiger partial charge in [0.1, 0.15) is 0 Å². The molecular weight excluding hydrogens is 200 g/mol. The zero-order chi connectivity index (χ0) is 11.6. The summed E-state index contributed by atoms with van der Waals surface area (Å²) >= 11 is 0. The fourth-order valence-electron chi connectivity index (χ4n) is 2.40. The molecule has 0 aromatic carbocycles. The van der Waals surface area contributed by atoms with Gasteiger partial charge in [0.05, 0.1) is 12.7 Å². The maximum Gasteiger partial charge on any atom is 0.0591 e. The molecule has 2 unspecified atom stereocenters. The number of rotatable bonds is 9. The summed E-state index contributed by atoms with van der Waals surface area (Å²) in [5.74, 6) is 0.417. The lowest BCUT2D eigenvalue weighted by Gasteiger charge is -2.15. The zero-order valence-corrected chi connectivity index (χ0v) is 10.8. The molecule has 0 aromatic heterocycles. The van der Waals surface area contributed by atoms with Crippen molar-refractivity contribution in [1.29, 1.82) is 0 Å². The molecule has 0 saturated carbocycles. The number of aliphatic hydroxyl groups excluding tert-OH is 1. The average Bonchev–Trinajstić information content (AvgIpc) is 2.81. The summed E-state index contributed by atoms with van der Waals surface area (Å²) in [5.41, 5.74) is 0. The van der Waals surface area contributed by atoms with E-state index in [1.807, 2.05) is 0 Å². The van der Waals surface area contributed by atoms with Crippen molar-refractivity contribution < 1.29 is 9.84 Å². The number of aliphatic hydroxyl groups is 1. The maximum atomic E-state index is 9.91. The van der Waals surface area contributed by atoms with Crippen LogP contribution < -0.4 is 0 Å². The molecule has 1 aliphatic rings. The topological polar surface area (TPSA) is 29.5 Å². The van der Waals surface area contributed by atoms with Crippen molar-refractivity contribution in [2.24, 2.45) is 5.92 Å². The Morgan fingerprint density at radius 1 is 1.12 bits per heavy atom. The third-order valence-corrected chi connectivity index (χ3v) is 3.61. The van der Waals surface area contributed by atoms with E-state index in [1.165, 1.54) is 44.9 Å². The molecule has 1 heterocycles. The molecule has 1 aliphatic heterocycles. The van der Waals surface area contributed by atoms with Gasteiger partial charge in [0.15, 0.2) is 0 Å². The van der Waals surface area contributed by atoms with Crippen molar-refractivity contribution in [1.82, 2.24) is 0 Å². The lowest BCUT2D eigenvalue weighted by Crippen LogP contribution is -2.20. The van der Waals surface area contributed by atoms with Crippen LogP contribution in [-0.2, 0) is 4.74 Å². The largest absolute Gasteiger partial charge is 0.393 e. The second kappa shape index (κ2) is 9.00. The zero-order valence-electron chi connectivity index (χ0n) is 10.8. The Labute approximate surface area is 100 Å². The fraction of sp³-hybridized carbons (Fsp3) is 1.00. The molecular formula is C14H28O2. The quantitative estimate of drug-likeness (QED) is 0.612. The molecule has 16 heavy (non-hydrogen) atoms. The Balaban J connectivity index is 1.86. The predicted octanol–water partition coefficient (Wildman–Crippen LogP) is 3.52. The van der Waals surface area contributed by atoms with Crippen LogP contribution in [0.3, 0.4) is 0 Å². The smallest absolute Gasteiger partial charge is 0.0591 e. The Morgan fingerprint density at radius 2 is 1.81 bits per heavy atom. The van der Waals surface area contributed by atoms with Crippen LogP contribution in [-0.4, -0.2) is 24.4 Å². The first kappa shape index (κ1) is 14.0. The molecule has 2 nitrogen and oxygen atoms in total. The first-order chi connectivity index (χ1) is 7.84. The lowest BCUT2D eigenvalue weighted by atomic mass is 9.96. The van der Waals surface area contributed by atoms with Crippen molar-refractivity contribution in [2.45, 2.75) is 70.8 Å². The van der Waals surface area contributed by atoms with Gasteiger partial charge in [-0.25, -0.2) is 0 Å². The monoisotopic (exact) mass is 228 g/mol. The highest BCUT2D eigenvalue weighted by Crippen LogP contribution is 2.20. The lowest BCUT2D eigenvalue weighted by molar-refractivity contribution is 0.0825. The highest BCUT2D eigenvalue weighted by molar-refractivity contribution is 4.72. The van der Waals surface area contributed by atoms with E-state index in [1.54, 1.807) is 0 Å². The van der Waals surface area contributed by atoms with E-state index in [4.69, 9.17) is 4.74 Å². The minimum atomic E-state index is -0.113. The van der Waals surface area contributed by atoms with Gasteiger partial charge in [-0.05, 0) is 12.8 Å². The van der Waals surface area contributed by atoms with Crippen molar-refractivity contribution in [3.05, 3.63) is 0 Å². The van der Waals surface area contributed by atoms with Crippen LogP contribution in [0.5, 0.6) is 0 Å². The van der Waals surface area contributed by atoms with Gasteiger partial charge in [0, 0.05) is 12.5 Å². The van der Waals surface area contributed by atoms with Crippen LogP contribution in [0.4, 0.5) is 0 Å². The molecule has 0 bridgehead atoms. The van der Waals surface area contributed by atoms with Crippen LogP contribution in [0.15, 0.2) is 0 Å². The fourth-order valence-corrected chi connectivity index (χ4v) is 2.40. The van der Waals surface area contributed by atoms with Crippen molar-refractivity contribution in [3.63, 3.8) is 0 Å². The summed E-state index contributed by atoms with van der Waals surface area (Å²) in [6.07, 6.45) is 11.2. The molecule has 0 spiro atoms. The van der Waals surface area contributed by atoms with Crippen LogP contribution in [0.2, 0.25) is 0 Å². The van der Waals surface area contributed by atoms with Crippen molar-refractivity contribution in [2.75, 3.05) is 13.2 Å². The Bertz CT molecular complexity index is 153. The van der Waals surface area contributed by atoms with E-state index in [0.717, 1.165) is 26.1 Å². The highest BCUT2D eigenvalue weighted by Gasteiger charge is 2.23. The Hall–Kier alpha value is -0.0800. The normalized spacial score (nSPS) is 22.5. The van der Waals surface area contributed by atoms with Crippen LogP contribution in [0.25, 0.3) is 0 Å². The number of hydrogen-bond acceptors (Lipinski definition) is 2. The summed E-state index contributed by atoms with van der Waals surface area (Å²) in [4.78, 5) is 0. The van der Waals surface area contributed by atoms with E-state index in [-0.39, 0.29) is 6.10 Å². The van der Waals surface area contributed by atoms with Gasteiger partial charge >= 0.3 is 0 Å². The van der Waals surface area contributed by atoms with Gasteiger partial charge in [0.25, 0.3) is 0 Å². The standard InChI is InChI=1S/C14H28O2/c1-2-3-4-5-6-7-8-9-14(15)13-10-11-16-12-13/h13-15H,2-12H2,1H3. The molecule has 1 rings (SSSR count). The highest BCUT2D eigenvalue weighted by atomic mass is 16.5. The summed E-state index contributed by atoms with van der Waals surface area (Å²) in [6, 6.07) is 0. The number of hydrogen-bond donors (Lipinski definition) is 1. The Morgan fingerprint density at radius 3 is 2.44 bits per heavy atom. The van der Waals surface area contributed by atoms with E-state index >= 15 is 0 Å². The van der Waals surface area contributed by atoms with E-state index in [0.29, 0.717) is 5.92 Å².